The van der Waals surface area contributed by atoms with E-state index in [0.717, 1.165) is 25.8 Å². The summed E-state index contributed by atoms with van der Waals surface area (Å²) in [4.78, 5) is 0. The number of nitrogens with one attached hydrogen (secondary N) is 1. The largest absolute Gasteiger partial charge is 0.389 e. The van der Waals surface area contributed by atoms with Crippen LogP contribution >= 0.6 is 0 Å². The van der Waals surface area contributed by atoms with Crippen molar-refractivity contribution in [1.29, 1.82) is 0 Å². The van der Waals surface area contributed by atoms with Crippen LogP contribution in [0.2, 0.25) is 0 Å². The molecule has 1 aliphatic rings. The molecule has 0 heterocycles. The van der Waals surface area contributed by atoms with Gasteiger partial charge >= 0.3 is 0 Å². The van der Waals surface area contributed by atoms with Crippen LogP contribution in [-0.4, -0.2) is 37.0 Å². The van der Waals surface area contributed by atoms with Gasteiger partial charge in [-0.15, -0.1) is 0 Å². The highest BCUT2D eigenvalue weighted by molar-refractivity contribution is 5.25. The van der Waals surface area contributed by atoms with E-state index in [1.807, 2.05) is 0 Å². The van der Waals surface area contributed by atoms with Gasteiger partial charge in [-0.25, -0.2) is 0 Å². The van der Waals surface area contributed by atoms with E-state index in [0.29, 0.717) is 19.3 Å². The fourth-order valence-corrected chi connectivity index (χ4v) is 2.92. The van der Waals surface area contributed by atoms with E-state index in [4.69, 9.17) is 4.74 Å². The molecule has 0 spiro atoms. The zero-order valence-electron chi connectivity index (χ0n) is 13.2. The first-order valence-corrected chi connectivity index (χ1v) is 8.30. The Kier molecular flexibility index (Phi) is 7.20. The summed E-state index contributed by atoms with van der Waals surface area (Å²) in [5, 5.41) is 13.3. The van der Waals surface area contributed by atoms with Gasteiger partial charge in [-0.2, -0.15) is 0 Å². The summed E-state index contributed by atoms with van der Waals surface area (Å²) in [6, 6.07) is 8.45. The summed E-state index contributed by atoms with van der Waals surface area (Å²) in [7, 11) is 0. The second-order valence-corrected chi connectivity index (χ2v) is 6.13. The predicted octanol–water partition coefficient (Wildman–Crippen LogP) is 2.84. The third-order valence-corrected chi connectivity index (χ3v) is 4.29. The second kappa shape index (κ2) is 9.19. The van der Waals surface area contributed by atoms with Gasteiger partial charge < -0.3 is 15.2 Å². The number of hydrogen-bond acceptors (Lipinski definition) is 3. The first-order valence-electron chi connectivity index (χ1n) is 8.30. The molecule has 3 nitrogen and oxygen atoms in total. The Labute approximate surface area is 128 Å². The summed E-state index contributed by atoms with van der Waals surface area (Å²) in [5.74, 6) is 0. The molecular formula is C18H29NO2. The number of hydrogen-bond donors (Lipinski definition) is 2. The van der Waals surface area contributed by atoms with Gasteiger partial charge in [-0.1, -0.05) is 43.5 Å². The van der Waals surface area contributed by atoms with Crippen molar-refractivity contribution in [3.8, 4) is 0 Å². The molecule has 2 rings (SSSR count). The van der Waals surface area contributed by atoms with E-state index < -0.39 is 6.10 Å². The molecule has 0 radical (unpaired) electrons. The van der Waals surface area contributed by atoms with Crippen LogP contribution in [0.4, 0.5) is 0 Å². The van der Waals surface area contributed by atoms with Gasteiger partial charge in [0, 0.05) is 6.54 Å². The average Bonchev–Trinajstić information content (AvgIpc) is 2.52. The van der Waals surface area contributed by atoms with Crippen LogP contribution in [0.1, 0.15) is 43.2 Å². The van der Waals surface area contributed by atoms with Gasteiger partial charge in [-0.3, -0.25) is 0 Å². The number of ether oxygens (including phenoxy) is 1. The Balaban J connectivity index is 1.54. The topological polar surface area (TPSA) is 41.5 Å². The third kappa shape index (κ3) is 6.16. The SMILES string of the molecule is Cc1ccccc1CCNCC(O)COC1CCCCC1. The standard InChI is InChI=1S/C18H29NO2/c1-15-7-5-6-8-16(15)11-12-19-13-17(20)14-21-18-9-3-2-4-10-18/h5-8,17-20H,2-4,9-14H2,1H3. The highest BCUT2D eigenvalue weighted by Gasteiger charge is 2.15. The Morgan fingerprint density at radius 3 is 2.76 bits per heavy atom. The molecule has 1 aliphatic carbocycles. The summed E-state index contributed by atoms with van der Waals surface area (Å²) in [6.45, 7) is 4.11. The van der Waals surface area contributed by atoms with Crippen molar-refractivity contribution in [3.05, 3.63) is 35.4 Å². The fourth-order valence-electron chi connectivity index (χ4n) is 2.92. The molecule has 1 fully saturated rings. The average molecular weight is 291 g/mol. The molecule has 1 unspecified atom stereocenters. The number of aliphatic hydroxyl groups is 1. The van der Waals surface area contributed by atoms with Crippen molar-refractivity contribution >= 4 is 0 Å². The zero-order valence-corrected chi connectivity index (χ0v) is 13.2. The third-order valence-electron chi connectivity index (χ3n) is 4.29. The summed E-state index contributed by atoms with van der Waals surface area (Å²) < 4.78 is 5.79. The maximum atomic E-state index is 9.94. The molecule has 3 heteroatoms. The first kappa shape index (κ1) is 16.5. The van der Waals surface area contributed by atoms with Crippen LogP contribution in [0.3, 0.4) is 0 Å². The van der Waals surface area contributed by atoms with Gasteiger partial charge in [0.25, 0.3) is 0 Å². The molecule has 118 valence electrons. The Morgan fingerprint density at radius 1 is 1.24 bits per heavy atom. The Morgan fingerprint density at radius 2 is 2.00 bits per heavy atom. The summed E-state index contributed by atoms with van der Waals surface area (Å²) in [6.07, 6.45) is 7.18. The predicted molar refractivity (Wildman–Crippen MR) is 86.6 cm³/mol. The van der Waals surface area contributed by atoms with Crippen LogP contribution in [0.5, 0.6) is 0 Å². The molecule has 1 atom stereocenters. The van der Waals surface area contributed by atoms with Gasteiger partial charge in [0.2, 0.25) is 0 Å². The Hall–Kier alpha value is -0.900. The van der Waals surface area contributed by atoms with Gasteiger partial charge in [0.05, 0.1) is 18.8 Å². The molecule has 0 amide bonds. The van der Waals surface area contributed by atoms with Crippen molar-refractivity contribution in [3.63, 3.8) is 0 Å². The maximum Gasteiger partial charge on any atom is 0.0897 e. The van der Waals surface area contributed by atoms with Crippen molar-refractivity contribution in [2.24, 2.45) is 0 Å². The number of benzene rings is 1. The van der Waals surface area contributed by atoms with Gasteiger partial charge in [0.15, 0.2) is 0 Å². The molecule has 1 aromatic carbocycles. The normalized spacial score (nSPS) is 17.8. The van der Waals surface area contributed by atoms with E-state index in [1.165, 1.54) is 30.4 Å². The molecule has 0 saturated heterocycles. The first-order chi connectivity index (χ1) is 10.3. The van der Waals surface area contributed by atoms with Crippen molar-refractivity contribution in [2.75, 3.05) is 19.7 Å². The van der Waals surface area contributed by atoms with Crippen LogP contribution in [0.15, 0.2) is 24.3 Å². The minimum absolute atomic E-state index is 0.375. The smallest absolute Gasteiger partial charge is 0.0897 e. The van der Waals surface area contributed by atoms with E-state index in [9.17, 15) is 5.11 Å². The van der Waals surface area contributed by atoms with Crippen molar-refractivity contribution in [1.82, 2.24) is 5.32 Å². The highest BCUT2D eigenvalue weighted by atomic mass is 16.5. The monoisotopic (exact) mass is 291 g/mol. The van der Waals surface area contributed by atoms with E-state index in [1.54, 1.807) is 0 Å². The lowest BCUT2D eigenvalue weighted by molar-refractivity contribution is -0.0228. The van der Waals surface area contributed by atoms with E-state index in [2.05, 4.69) is 36.5 Å². The van der Waals surface area contributed by atoms with Crippen molar-refractivity contribution in [2.45, 2.75) is 57.7 Å². The van der Waals surface area contributed by atoms with Gasteiger partial charge in [0.1, 0.15) is 0 Å². The molecular weight excluding hydrogens is 262 g/mol. The molecule has 0 bridgehead atoms. The summed E-state index contributed by atoms with van der Waals surface area (Å²) >= 11 is 0. The maximum absolute atomic E-state index is 9.94. The Bertz CT molecular complexity index is 402. The number of rotatable bonds is 8. The molecule has 0 aliphatic heterocycles. The highest BCUT2D eigenvalue weighted by Crippen LogP contribution is 2.20. The van der Waals surface area contributed by atoms with Crippen LogP contribution in [0, 0.1) is 6.92 Å². The van der Waals surface area contributed by atoms with E-state index in [-0.39, 0.29) is 0 Å². The molecule has 0 aromatic heterocycles. The fraction of sp³-hybridized carbons (Fsp3) is 0.667. The van der Waals surface area contributed by atoms with Crippen LogP contribution in [0.25, 0.3) is 0 Å². The second-order valence-electron chi connectivity index (χ2n) is 6.13. The number of aryl methyl sites for hydroxylation is 1. The minimum atomic E-state index is -0.399. The summed E-state index contributed by atoms with van der Waals surface area (Å²) in [5.41, 5.74) is 2.71. The van der Waals surface area contributed by atoms with Crippen LogP contribution < -0.4 is 5.32 Å². The zero-order chi connectivity index (χ0) is 14.9. The molecule has 1 aromatic rings. The quantitative estimate of drug-likeness (QED) is 0.724. The lowest BCUT2D eigenvalue weighted by Gasteiger charge is -2.23. The minimum Gasteiger partial charge on any atom is -0.389 e. The molecule has 2 N–H and O–H groups in total. The molecule has 1 saturated carbocycles. The van der Waals surface area contributed by atoms with Crippen molar-refractivity contribution < 1.29 is 9.84 Å². The lowest BCUT2D eigenvalue weighted by atomic mass is 9.98. The lowest BCUT2D eigenvalue weighted by Crippen LogP contribution is -2.33. The van der Waals surface area contributed by atoms with Gasteiger partial charge in [-0.05, 0) is 43.9 Å². The van der Waals surface area contributed by atoms with Crippen LogP contribution in [-0.2, 0) is 11.2 Å². The van der Waals surface area contributed by atoms with E-state index >= 15 is 0 Å². The molecule has 21 heavy (non-hydrogen) atoms. The number of aliphatic hydroxyl groups excluding tert-OH is 1.